The van der Waals surface area contributed by atoms with Gasteiger partial charge in [-0.2, -0.15) is 16.6 Å². The van der Waals surface area contributed by atoms with Crippen molar-refractivity contribution in [1.29, 1.82) is 5.26 Å². The maximum atomic E-state index is 11.6. The molecule has 1 aromatic heterocycles. The standard InChI is InChI=1S/C13H17N3O2S/c1-2-18-13(17)16-6-4-15(5-7-16)12(9-14)11-3-8-19-10-11/h3,8,10,12H,2,4-7H2,1H3. The summed E-state index contributed by atoms with van der Waals surface area (Å²) in [6, 6.07) is 4.11. The van der Waals surface area contributed by atoms with Crippen molar-refractivity contribution in [3.63, 3.8) is 0 Å². The number of amides is 1. The molecule has 19 heavy (non-hydrogen) atoms. The molecule has 5 nitrogen and oxygen atoms in total. The van der Waals surface area contributed by atoms with E-state index in [0.717, 1.165) is 5.56 Å². The summed E-state index contributed by atoms with van der Waals surface area (Å²) in [5.74, 6) is 0. The van der Waals surface area contributed by atoms with Crippen LogP contribution in [0.25, 0.3) is 0 Å². The van der Waals surface area contributed by atoms with E-state index in [-0.39, 0.29) is 12.1 Å². The summed E-state index contributed by atoms with van der Waals surface area (Å²) < 4.78 is 4.98. The topological polar surface area (TPSA) is 56.6 Å². The highest BCUT2D eigenvalue weighted by Crippen LogP contribution is 2.23. The summed E-state index contributed by atoms with van der Waals surface area (Å²) >= 11 is 1.60. The number of ether oxygens (including phenoxy) is 1. The van der Waals surface area contributed by atoms with E-state index >= 15 is 0 Å². The molecule has 1 aromatic rings. The Balaban J connectivity index is 1.92. The van der Waals surface area contributed by atoms with E-state index in [1.54, 1.807) is 23.2 Å². The van der Waals surface area contributed by atoms with Crippen molar-refractivity contribution < 1.29 is 9.53 Å². The summed E-state index contributed by atoms with van der Waals surface area (Å²) in [4.78, 5) is 15.4. The number of nitrogens with zero attached hydrogens (tertiary/aromatic N) is 3. The quantitative estimate of drug-likeness (QED) is 0.850. The zero-order valence-electron chi connectivity index (χ0n) is 10.9. The van der Waals surface area contributed by atoms with E-state index in [9.17, 15) is 10.1 Å². The first-order valence-corrected chi connectivity index (χ1v) is 7.28. The molecule has 102 valence electrons. The lowest BCUT2D eigenvalue weighted by Crippen LogP contribution is -2.49. The molecule has 1 fully saturated rings. The molecule has 0 N–H and O–H groups in total. The normalized spacial score (nSPS) is 17.8. The van der Waals surface area contributed by atoms with Crippen molar-refractivity contribution in [3.8, 4) is 6.07 Å². The molecule has 1 unspecified atom stereocenters. The first-order valence-electron chi connectivity index (χ1n) is 6.33. The third-order valence-corrected chi connectivity index (χ3v) is 3.89. The van der Waals surface area contributed by atoms with Gasteiger partial charge in [0.05, 0.1) is 12.7 Å². The molecule has 1 aliphatic rings. The van der Waals surface area contributed by atoms with Gasteiger partial charge in [0.15, 0.2) is 0 Å². The van der Waals surface area contributed by atoms with Crippen LogP contribution in [-0.4, -0.2) is 48.7 Å². The number of carbonyl (C=O) groups is 1. The minimum atomic E-state index is -0.258. The van der Waals surface area contributed by atoms with Crippen LogP contribution < -0.4 is 0 Å². The zero-order chi connectivity index (χ0) is 13.7. The molecule has 1 atom stereocenters. The average molecular weight is 279 g/mol. The number of thiophene rings is 1. The Bertz CT molecular complexity index is 447. The van der Waals surface area contributed by atoms with E-state index in [2.05, 4.69) is 11.0 Å². The van der Waals surface area contributed by atoms with E-state index < -0.39 is 0 Å². The molecule has 0 saturated carbocycles. The first kappa shape index (κ1) is 13.8. The summed E-state index contributed by atoms with van der Waals surface area (Å²) in [5, 5.41) is 13.3. The fourth-order valence-electron chi connectivity index (χ4n) is 2.18. The van der Waals surface area contributed by atoms with Crippen molar-refractivity contribution in [2.45, 2.75) is 13.0 Å². The highest BCUT2D eigenvalue weighted by molar-refractivity contribution is 7.08. The van der Waals surface area contributed by atoms with Gasteiger partial charge in [0.2, 0.25) is 0 Å². The van der Waals surface area contributed by atoms with Gasteiger partial charge in [-0.1, -0.05) is 0 Å². The minimum absolute atomic E-state index is 0.212. The lowest BCUT2D eigenvalue weighted by atomic mass is 10.1. The highest BCUT2D eigenvalue weighted by Gasteiger charge is 2.27. The van der Waals surface area contributed by atoms with Crippen molar-refractivity contribution >= 4 is 17.4 Å². The molecule has 1 saturated heterocycles. The average Bonchev–Trinajstić information content (AvgIpc) is 2.95. The first-order chi connectivity index (χ1) is 9.26. The van der Waals surface area contributed by atoms with Gasteiger partial charge in [0.25, 0.3) is 0 Å². The second kappa shape index (κ2) is 6.55. The van der Waals surface area contributed by atoms with Crippen LogP contribution in [-0.2, 0) is 4.74 Å². The number of carbonyl (C=O) groups excluding carboxylic acids is 1. The van der Waals surface area contributed by atoms with Crippen LogP contribution in [0.5, 0.6) is 0 Å². The molecule has 1 aliphatic heterocycles. The lowest BCUT2D eigenvalue weighted by molar-refractivity contribution is 0.0733. The highest BCUT2D eigenvalue weighted by atomic mass is 32.1. The van der Waals surface area contributed by atoms with Crippen LogP contribution >= 0.6 is 11.3 Å². The van der Waals surface area contributed by atoms with Crippen LogP contribution in [0.2, 0.25) is 0 Å². The number of hydrogen-bond donors (Lipinski definition) is 0. The number of nitriles is 1. The van der Waals surface area contributed by atoms with Crippen LogP contribution in [0.4, 0.5) is 4.79 Å². The molecule has 1 amide bonds. The smallest absolute Gasteiger partial charge is 0.409 e. The minimum Gasteiger partial charge on any atom is -0.450 e. The van der Waals surface area contributed by atoms with Gasteiger partial charge in [-0.25, -0.2) is 4.79 Å². The van der Waals surface area contributed by atoms with Crippen LogP contribution in [0.15, 0.2) is 16.8 Å². The fraction of sp³-hybridized carbons (Fsp3) is 0.538. The van der Waals surface area contributed by atoms with E-state index in [1.165, 1.54) is 0 Å². The second-order valence-electron chi connectivity index (χ2n) is 4.31. The van der Waals surface area contributed by atoms with E-state index in [1.807, 2.05) is 16.8 Å². The third kappa shape index (κ3) is 3.25. The lowest BCUT2D eigenvalue weighted by Gasteiger charge is -2.36. The largest absolute Gasteiger partial charge is 0.450 e. The molecule has 0 aromatic carbocycles. The van der Waals surface area contributed by atoms with E-state index in [4.69, 9.17) is 4.74 Å². The Morgan fingerprint density at radius 3 is 2.79 bits per heavy atom. The van der Waals surface area contributed by atoms with Gasteiger partial charge in [0.1, 0.15) is 6.04 Å². The summed E-state index contributed by atoms with van der Waals surface area (Å²) in [6.45, 7) is 4.83. The molecule has 6 heteroatoms. The molecular weight excluding hydrogens is 262 g/mol. The Hall–Kier alpha value is -1.58. The maximum absolute atomic E-state index is 11.6. The molecular formula is C13H17N3O2S. The summed E-state index contributed by atoms with van der Waals surface area (Å²) in [5.41, 5.74) is 1.04. The predicted molar refractivity (Wildman–Crippen MR) is 72.8 cm³/mol. The molecule has 2 heterocycles. The Kier molecular flexibility index (Phi) is 4.77. The fourth-order valence-corrected chi connectivity index (χ4v) is 2.85. The maximum Gasteiger partial charge on any atom is 0.409 e. The van der Waals surface area contributed by atoms with Crippen LogP contribution in [0.3, 0.4) is 0 Å². The van der Waals surface area contributed by atoms with Gasteiger partial charge >= 0.3 is 6.09 Å². The van der Waals surface area contributed by atoms with Crippen LogP contribution in [0, 0.1) is 11.3 Å². The number of piperazine rings is 1. The molecule has 0 spiro atoms. The summed E-state index contributed by atoms with van der Waals surface area (Å²) in [7, 11) is 0. The van der Waals surface area contributed by atoms with Crippen molar-refractivity contribution in [2.24, 2.45) is 0 Å². The van der Waals surface area contributed by atoms with Gasteiger partial charge in [-0.15, -0.1) is 0 Å². The Morgan fingerprint density at radius 1 is 1.53 bits per heavy atom. The molecule has 0 radical (unpaired) electrons. The van der Waals surface area contributed by atoms with Gasteiger partial charge in [0, 0.05) is 26.2 Å². The Morgan fingerprint density at radius 2 is 2.26 bits per heavy atom. The number of hydrogen-bond acceptors (Lipinski definition) is 5. The summed E-state index contributed by atoms with van der Waals surface area (Å²) in [6.07, 6.45) is -0.258. The second-order valence-corrected chi connectivity index (χ2v) is 5.09. The van der Waals surface area contributed by atoms with E-state index in [0.29, 0.717) is 32.8 Å². The van der Waals surface area contributed by atoms with Gasteiger partial charge in [-0.3, -0.25) is 4.90 Å². The zero-order valence-corrected chi connectivity index (χ0v) is 11.7. The Labute approximate surface area is 117 Å². The molecule has 0 bridgehead atoms. The number of rotatable bonds is 3. The monoisotopic (exact) mass is 279 g/mol. The van der Waals surface area contributed by atoms with Gasteiger partial charge in [-0.05, 0) is 29.3 Å². The van der Waals surface area contributed by atoms with Crippen molar-refractivity contribution in [1.82, 2.24) is 9.80 Å². The van der Waals surface area contributed by atoms with Gasteiger partial charge < -0.3 is 9.64 Å². The van der Waals surface area contributed by atoms with Crippen molar-refractivity contribution in [3.05, 3.63) is 22.4 Å². The predicted octanol–water partition coefficient (Wildman–Crippen LogP) is 2.09. The SMILES string of the molecule is CCOC(=O)N1CCN(C(C#N)c2ccsc2)CC1. The third-order valence-electron chi connectivity index (χ3n) is 3.19. The molecule has 2 rings (SSSR count). The van der Waals surface area contributed by atoms with Crippen molar-refractivity contribution in [2.75, 3.05) is 32.8 Å². The van der Waals surface area contributed by atoms with Crippen LogP contribution in [0.1, 0.15) is 18.5 Å². The molecule has 0 aliphatic carbocycles.